The zero-order valence-electron chi connectivity index (χ0n) is 15.8. The zero-order chi connectivity index (χ0) is 18.8. The molecule has 0 bridgehead atoms. The maximum absolute atomic E-state index is 12.0. The molecular weight excluding hydrogens is 330 g/mol. The number of carbonyl (C=O) groups is 2. The first kappa shape index (κ1) is 20.0. The molecule has 0 spiro atoms. The molecule has 5 heteroatoms. The van der Waals surface area contributed by atoms with Crippen molar-refractivity contribution in [2.24, 2.45) is 0 Å². The lowest BCUT2D eigenvalue weighted by Crippen LogP contribution is -2.36. The van der Waals surface area contributed by atoms with Crippen LogP contribution in [0.4, 0.5) is 0 Å². The Morgan fingerprint density at radius 1 is 1.15 bits per heavy atom. The number of amides is 1. The first-order valence-corrected chi connectivity index (χ1v) is 9.36. The average molecular weight is 359 g/mol. The van der Waals surface area contributed by atoms with Gasteiger partial charge >= 0.3 is 5.97 Å². The molecule has 1 aliphatic rings. The molecule has 1 N–H and O–H groups in total. The van der Waals surface area contributed by atoms with Gasteiger partial charge in [0.25, 0.3) is 5.91 Å². The predicted molar refractivity (Wildman–Crippen MR) is 101 cm³/mol. The van der Waals surface area contributed by atoms with E-state index in [4.69, 9.17) is 9.47 Å². The maximum atomic E-state index is 12.0. The van der Waals surface area contributed by atoms with Crippen LogP contribution in [-0.4, -0.2) is 31.6 Å². The van der Waals surface area contributed by atoms with E-state index in [-0.39, 0.29) is 18.3 Å². The summed E-state index contributed by atoms with van der Waals surface area (Å²) in [5.74, 6) is 0.184. The standard InChI is InChI=1S/C21H29NO4/c1-16(21(24)22-15-14-17-6-4-3-5-7-17)26-20(23)13-10-18-8-11-19(25-2)12-9-18/h6,8-9,11-12,16H,3-5,7,10,13-15H2,1-2H3,(H,22,24)/t16-/m1/s1. The van der Waals surface area contributed by atoms with E-state index in [1.54, 1.807) is 14.0 Å². The molecule has 1 aromatic carbocycles. The average Bonchev–Trinajstić information content (AvgIpc) is 2.67. The first-order chi connectivity index (χ1) is 12.6. The van der Waals surface area contributed by atoms with Gasteiger partial charge < -0.3 is 14.8 Å². The van der Waals surface area contributed by atoms with E-state index in [1.807, 2.05) is 24.3 Å². The van der Waals surface area contributed by atoms with Crippen LogP contribution in [0.3, 0.4) is 0 Å². The fourth-order valence-corrected chi connectivity index (χ4v) is 2.97. The highest BCUT2D eigenvalue weighted by Gasteiger charge is 2.17. The molecule has 0 fully saturated rings. The minimum absolute atomic E-state index is 0.237. The van der Waals surface area contributed by atoms with Crippen molar-refractivity contribution >= 4 is 11.9 Å². The van der Waals surface area contributed by atoms with E-state index in [9.17, 15) is 9.59 Å². The monoisotopic (exact) mass is 359 g/mol. The van der Waals surface area contributed by atoms with Crippen molar-refractivity contribution in [3.05, 3.63) is 41.5 Å². The first-order valence-electron chi connectivity index (χ1n) is 9.36. The quantitative estimate of drug-likeness (QED) is 0.541. The fourth-order valence-electron chi connectivity index (χ4n) is 2.97. The second-order valence-electron chi connectivity index (χ2n) is 6.63. The molecule has 1 amide bonds. The molecule has 2 rings (SSSR count). The Labute approximate surface area is 155 Å². The third-order valence-electron chi connectivity index (χ3n) is 4.58. The minimum atomic E-state index is -0.765. The fraction of sp³-hybridized carbons (Fsp3) is 0.524. The molecule has 1 aromatic rings. The zero-order valence-corrected chi connectivity index (χ0v) is 15.8. The van der Waals surface area contributed by atoms with Gasteiger partial charge in [-0.05, 0) is 63.1 Å². The Morgan fingerprint density at radius 3 is 2.58 bits per heavy atom. The molecule has 0 aromatic heterocycles. The Morgan fingerprint density at radius 2 is 1.92 bits per heavy atom. The summed E-state index contributed by atoms with van der Waals surface area (Å²) < 4.78 is 10.3. The number of methoxy groups -OCH3 is 1. The third kappa shape index (κ3) is 6.90. The largest absolute Gasteiger partial charge is 0.497 e. The molecule has 142 valence electrons. The number of benzene rings is 1. The Bertz CT molecular complexity index is 621. The van der Waals surface area contributed by atoms with E-state index < -0.39 is 6.10 Å². The summed E-state index contributed by atoms with van der Waals surface area (Å²) in [4.78, 5) is 24.0. The van der Waals surface area contributed by atoms with Crippen molar-refractivity contribution < 1.29 is 19.1 Å². The van der Waals surface area contributed by atoms with E-state index in [0.717, 1.165) is 30.6 Å². The molecule has 0 saturated heterocycles. The number of nitrogens with one attached hydrogen (secondary N) is 1. The lowest BCUT2D eigenvalue weighted by Gasteiger charge is -2.15. The number of hydrogen-bond donors (Lipinski definition) is 1. The van der Waals surface area contributed by atoms with Gasteiger partial charge in [-0.25, -0.2) is 0 Å². The van der Waals surface area contributed by atoms with Gasteiger partial charge in [0.2, 0.25) is 0 Å². The van der Waals surface area contributed by atoms with Crippen LogP contribution in [0.1, 0.15) is 51.0 Å². The molecule has 26 heavy (non-hydrogen) atoms. The van der Waals surface area contributed by atoms with Gasteiger partial charge in [-0.15, -0.1) is 0 Å². The highest BCUT2D eigenvalue weighted by atomic mass is 16.5. The van der Waals surface area contributed by atoms with Crippen LogP contribution in [0.5, 0.6) is 5.75 Å². The predicted octanol–water partition coefficient (Wildman–Crippen LogP) is 3.57. The molecule has 1 atom stereocenters. The summed E-state index contributed by atoms with van der Waals surface area (Å²) in [6, 6.07) is 7.56. The van der Waals surface area contributed by atoms with Gasteiger partial charge in [0.1, 0.15) is 5.75 Å². The van der Waals surface area contributed by atoms with Crippen LogP contribution in [0.2, 0.25) is 0 Å². The highest BCUT2D eigenvalue weighted by molar-refractivity contribution is 5.83. The summed E-state index contributed by atoms with van der Waals surface area (Å²) in [6.45, 7) is 2.21. The number of hydrogen-bond acceptors (Lipinski definition) is 4. The Balaban J connectivity index is 1.64. The van der Waals surface area contributed by atoms with Crippen molar-refractivity contribution in [2.45, 2.75) is 58.0 Å². The number of ether oxygens (including phenoxy) is 2. The van der Waals surface area contributed by atoms with Crippen molar-refractivity contribution in [1.82, 2.24) is 5.32 Å². The van der Waals surface area contributed by atoms with Gasteiger partial charge in [-0.2, -0.15) is 0 Å². The van der Waals surface area contributed by atoms with Gasteiger partial charge in [0, 0.05) is 13.0 Å². The summed E-state index contributed by atoms with van der Waals surface area (Å²) in [6.07, 6.45) is 7.99. The van der Waals surface area contributed by atoms with Crippen molar-refractivity contribution in [3.63, 3.8) is 0 Å². The number of carbonyl (C=O) groups excluding carboxylic acids is 2. The lowest BCUT2D eigenvalue weighted by atomic mass is 9.97. The second-order valence-corrected chi connectivity index (χ2v) is 6.63. The molecule has 0 heterocycles. The molecule has 0 unspecified atom stereocenters. The second kappa shape index (κ2) is 10.6. The Hall–Kier alpha value is -2.30. The normalized spacial score (nSPS) is 14.9. The summed E-state index contributed by atoms with van der Waals surface area (Å²) in [5, 5.41) is 2.85. The molecule has 5 nitrogen and oxygen atoms in total. The lowest BCUT2D eigenvalue weighted by molar-refractivity contribution is -0.154. The van der Waals surface area contributed by atoms with Crippen LogP contribution in [0.25, 0.3) is 0 Å². The molecule has 0 saturated carbocycles. The molecular formula is C21H29NO4. The number of esters is 1. The van der Waals surface area contributed by atoms with Crippen molar-refractivity contribution in [3.8, 4) is 5.75 Å². The van der Waals surface area contributed by atoms with E-state index >= 15 is 0 Å². The highest BCUT2D eigenvalue weighted by Crippen LogP contribution is 2.19. The number of allylic oxidation sites excluding steroid dienone is 1. The van der Waals surface area contributed by atoms with Crippen molar-refractivity contribution in [2.75, 3.05) is 13.7 Å². The van der Waals surface area contributed by atoms with Gasteiger partial charge in [0.05, 0.1) is 7.11 Å². The van der Waals surface area contributed by atoms with Crippen LogP contribution in [0, 0.1) is 0 Å². The molecule has 0 aliphatic heterocycles. The summed E-state index contributed by atoms with van der Waals surface area (Å²) in [7, 11) is 1.62. The van der Waals surface area contributed by atoms with Gasteiger partial charge in [-0.3, -0.25) is 9.59 Å². The van der Waals surface area contributed by atoms with Gasteiger partial charge in [-0.1, -0.05) is 23.8 Å². The van der Waals surface area contributed by atoms with E-state index in [1.165, 1.54) is 18.4 Å². The van der Waals surface area contributed by atoms with Crippen LogP contribution in [0.15, 0.2) is 35.9 Å². The van der Waals surface area contributed by atoms with Gasteiger partial charge in [0.15, 0.2) is 6.10 Å². The smallest absolute Gasteiger partial charge is 0.306 e. The molecule has 1 aliphatic carbocycles. The third-order valence-corrected chi connectivity index (χ3v) is 4.58. The molecule has 0 radical (unpaired) electrons. The van der Waals surface area contributed by atoms with Crippen molar-refractivity contribution in [1.29, 1.82) is 0 Å². The van der Waals surface area contributed by atoms with Crippen LogP contribution in [-0.2, 0) is 20.7 Å². The minimum Gasteiger partial charge on any atom is -0.497 e. The summed E-state index contributed by atoms with van der Waals surface area (Å²) >= 11 is 0. The summed E-state index contributed by atoms with van der Waals surface area (Å²) in [5.41, 5.74) is 2.45. The maximum Gasteiger partial charge on any atom is 0.306 e. The van der Waals surface area contributed by atoms with Crippen LogP contribution >= 0.6 is 0 Å². The van der Waals surface area contributed by atoms with E-state index in [2.05, 4.69) is 11.4 Å². The number of rotatable bonds is 9. The van der Waals surface area contributed by atoms with E-state index in [0.29, 0.717) is 13.0 Å². The number of aryl methyl sites for hydroxylation is 1. The topological polar surface area (TPSA) is 64.6 Å². The Kier molecular flexibility index (Phi) is 8.19. The van der Waals surface area contributed by atoms with Crippen LogP contribution < -0.4 is 10.1 Å². The SMILES string of the molecule is COc1ccc(CCC(=O)O[C@H](C)C(=O)NCCC2=CCCCC2)cc1.